The minimum atomic E-state index is 0.00649. The van der Waals surface area contributed by atoms with Crippen molar-refractivity contribution in [2.75, 3.05) is 13.2 Å². The topological polar surface area (TPSA) is 77.7 Å². The molecule has 1 aliphatic heterocycles. The number of ether oxygens (including phenoxy) is 1. The van der Waals surface area contributed by atoms with Gasteiger partial charge < -0.3 is 9.72 Å². The normalized spacial score (nSPS) is 15.5. The number of fused-ring (bicyclic) bond motifs is 4. The molecule has 0 saturated carbocycles. The SMILES string of the molecule is Cn1c(=O)n(C2CCOCC2)c2c3cc(-c4cnc5[nH]ccc5c4)ccc3ncc21. The second-order valence-corrected chi connectivity index (χ2v) is 7.92. The molecule has 1 saturated heterocycles. The Morgan fingerprint density at radius 3 is 2.80 bits per heavy atom. The molecule has 1 fully saturated rings. The van der Waals surface area contributed by atoms with E-state index in [2.05, 4.69) is 33.2 Å². The molecule has 30 heavy (non-hydrogen) atoms. The second-order valence-electron chi connectivity index (χ2n) is 7.92. The highest BCUT2D eigenvalue weighted by atomic mass is 16.5. The molecule has 0 atom stereocenters. The summed E-state index contributed by atoms with van der Waals surface area (Å²) in [7, 11) is 1.82. The van der Waals surface area contributed by atoms with Gasteiger partial charge in [-0.1, -0.05) is 6.07 Å². The highest BCUT2D eigenvalue weighted by Gasteiger charge is 2.23. The average molecular weight is 399 g/mol. The third kappa shape index (κ3) is 2.52. The van der Waals surface area contributed by atoms with Crippen molar-refractivity contribution in [2.24, 2.45) is 7.05 Å². The monoisotopic (exact) mass is 399 g/mol. The van der Waals surface area contributed by atoms with Gasteiger partial charge in [0.05, 0.1) is 22.7 Å². The zero-order valence-electron chi connectivity index (χ0n) is 16.6. The maximum atomic E-state index is 13.1. The Labute approximate surface area is 171 Å². The van der Waals surface area contributed by atoms with Crippen LogP contribution in [0.25, 0.3) is 44.1 Å². The molecule has 7 heteroatoms. The minimum Gasteiger partial charge on any atom is -0.381 e. The predicted molar refractivity (Wildman–Crippen MR) is 117 cm³/mol. The van der Waals surface area contributed by atoms with Crippen LogP contribution in [0.5, 0.6) is 0 Å². The predicted octanol–water partition coefficient (Wildman–Crippen LogP) is 3.78. The van der Waals surface area contributed by atoms with Crippen molar-refractivity contribution in [1.82, 2.24) is 24.1 Å². The number of hydrogen-bond donors (Lipinski definition) is 1. The molecule has 0 amide bonds. The van der Waals surface area contributed by atoms with Crippen LogP contribution < -0.4 is 5.69 Å². The van der Waals surface area contributed by atoms with Crippen LogP contribution in [0.3, 0.4) is 0 Å². The van der Waals surface area contributed by atoms with Crippen LogP contribution in [0.4, 0.5) is 0 Å². The van der Waals surface area contributed by atoms with Gasteiger partial charge in [-0.2, -0.15) is 0 Å². The summed E-state index contributed by atoms with van der Waals surface area (Å²) in [5.74, 6) is 0. The lowest BCUT2D eigenvalue weighted by molar-refractivity contribution is 0.0697. The summed E-state index contributed by atoms with van der Waals surface area (Å²) in [6, 6.07) is 10.5. The maximum absolute atomic E-state index is 13.1. The van der Waals surface area contributed by atoms with Crippen molar-refractivity contribution in [3.63, 3.8) is 0 Å². The first-order valence-corrected chi connectivity index (χ1v) is 10.2. The number of H-pyrrole nitrogens is 1. The molecule has 5 aromatic rings. The van der Waals surface area contributed by atoms with E-state index < -0.39 is 0 Å². The Hall–Kier alpha value is -3.45. The van der Waals surface area contributed by atoms with Crippen LogP contribution in [-0.4, -0.2) is 37.3 Å². The lowest BCUT2D eigenvalue weighted by Gasteiger charge is -2.23. The highest BCUT2D eigenvalue weighted by Crippen LogP contribution is 2.32. The molecule has 1 aliphatic rings. The molecule has 6 rings (SSSR count). The third-order valence-electron chi connectivity index (χ3n) is 6.20. The molecule has 4 aromatic heterocycles. The van der Waals surface area contributed by atoms with E-state index in [1.165, 1.54) is 0 Å². The van der Waals surface area contributed by atoms with Crippen molar-refractivity contribution >= 4 is 33.0 Å². The Balaban J connectivity index is 1.62. The Morgan fingerprint density at radius 1 is 1.07 bits per heavy atom. The molecule has 0 spiro atoms. The van der Waals surface area contributed by atoms with E-state index in [-0.39, 0.29) is 11.7 Å². The number of nitrogens with one attached hydrogen (secondary N) is 1. The number of benzene rings is 1. The smallest absolute Gasteiger partial charge is 0.329 e. The molecule has 7 nitrogen and oxygen atoms in total. The first kappa shape index (κ1) is 17.4. The molecule has 5 heterocycles. The minimum absolute atomic E-state index is 0.00649. The fraction of sp³-hybridized carbons (Fsp3) is 0.261. The number of hydrogen-bond acceptors (Lipinski definition) is 4. The zero-order valence-corrected chi connectivity index (χ0v) is 16.6. The molecule has 150 valence electrons. The number of aryl methyl sites for hydroxylation is 1. The van der Waals surface area contributed by atoms with E-state index in [0.717, 1.165) is 56.9 Å². The summed E-state index contributed by atoms with van der Waals surface area (Å²) in [6.07, 6.45) is 7.27. The van der Waals surface area contributed by atoms with Crippen LogP contribution >= 0.6 is 0 Å². The number of pyridine rings is 2. The molecular weight excluding hydrogens is 378 g/mol. The Morgan fingerprint density at radius 2 is 1.93 bits per heavy atom. The summed E-state index contributed by atoms with van der Waals surface area (Å²) in [5.41, 5.74) is 5.67. The third-order valence-corrected chi connectivity index (χ3v) is 6.20. The fourth-order valence-corrected chi connectivity index (χ4v) is 4.59. The van der Waals surface area contributed by atoms with Crippen LogP contribution in [0.15, 0.2) is 53.7 Å². The van der Waals surface area contributed by atoms with E-state index in [4.69, 9.17) is 4.74 Å². The summed E-state index contributed by atoms with van der Waals surface area (Å²) >= 11 is 0. The molecule has 1 aromatic carbocycles. The highest BCUT2D eigenvalue weighted by molar-refractivity contribution is 6.04. The molecule has 0 radical (unpaired) electrons. The number of aromatic nitrogens is 5. The second kappa shape index (κ2) is 6.53. The number of nitrogens with zero attached hydrogens (tertiary/aromatic N) is 4. The molecular formula is C23H21N5O2. The van der Waals surface area contributed by atoms with Gasteiger partial charge in [0.15, 0.2) is 0 Å². The molecule has 0 bridgehead atoms. The van der Waals surface area contributed by atoms with Crippen LogP contribution in [0.2, 0.25) is 0 Å². The van der Waals surface area contributed by atoms with Crippen molar-refractivity contribution < 1.29 is 4.74 Å². The van der Waals surface area contributed by atoms with Gasteiger partial charge >= 0.3 is 5.69 Å². The largest absolute Gasteiger partial charge is 0.381 e. The lowest BCUT2D eigenvalue weighted by atomic mass is 10.0. The first-order valence-electron chi connectivity index (χ1n) is 10.2. The summed E-state index contributed by atoms with van der Waals surface area (Å²) in [6.45, 7) is 1.37. The van der Waals surface area contributed by atoms with Crippen LogP contribution in [0.1, 0.15) is 18.9 Å². The van der Waals surface area contributed by atoms with E-state index in [1.54, 1.807) is 4.57 Å². The standard InChI is InChI=1S/C23H21N5O2/c1-27-20-13-25-19-3-2-14(16-10-15-4-7-24-22(15)26-12-16)11-18(19)21(20)28(23(27)29)17-5-8-30-9-6-17/h2-4,7,10-13,17H,5-6,8-9H2,1H3,(H,24,26). The van der Waals surface area contributed by atoms with Crippen LogP contribution in [-0.2, 0) is 11.8 Å². The zero-order chi connectivity index (χ0) is 20.2. The van der Waals surface area contributed by atoms with Gasteiger partial charge in [-0.05, 0) is 42.7 Å². The summed E-state index contributed by atoms with van der Waals surface area (Å²) in [4.78, 5) is 25.4. The van der Waals surface area contributed by atoms with Gasteiger partial charge in [0.1, 0.15) is 5.65 Å². The van der Waals surface area contributed by atoms with Crippen molar-refractivity contribution in [3.05, 3.63) is 59.4 Å². The number of aromatic amines is 1. The van der Waals surface area contributed by atoms with E-state index in [9.17, 15) is 4.79 Å². The number of imidazole rings is 1. The summed E-state index contributed by atoms with van der Waals surface area (Å²) < 4.78 is 9.19. The van der Waals surface area contributed by atoms with Gasteiger partial charge in [-0.25, -0.2) is 9.78 Å². The van der Waals surface area contributed by atoms with E-state index in [0.29, 0.717) is 13.2 Å². The van der Waals surface area contributed by atoms with E-state index in [1.807, 2.05) is 42.3 Å². The number of rotatable bonds is 2. The first-order chi connectivity index (χ1) is 14.7. The molecule has 0 aliphatic carbocycles. The van der Waals surface area contributed by atoms with E-state index >= 15 is 0 Å². The maximum Gasteiger partial charge on any atom is 0.329 e. The Bertz CT molecular complexity index is 1470. The van der Waals surface area contributed by atoms with Gasteiger partial charge in [-0.15, -0.1) is 0 Å². The van der Waals surface area contributed by atoms with Gasteiger partial charge in [0.2, 0.25) is 0 Å². The van der Waals surface area contributed by atoms with Gasteiger partial charge in [0, 0.05) is 55.0 Å². The quantitative estimate of drug-likeness (QED) is 0.490. The van der Waals surface area contributed by atoms with Gasteiger partial charge in [0.25, 0.3) is 0 Å². The molecule has 0 unspecified atom stereocenters. The molecule has 1 N–H and O–H groups in total. The average Bonchev–Trinajstić information content (AvgIpc) is 3.36. The van der Waals surface area contributed by atoms with Crippen molar-refractivity contribution in [3.8, 4) is 11.1 Å². The van der Waals surface area contributed by atoms with Crippen molar-refractivity contribution in [1.29, 1.82) is 0 Å². The lowest BCUT2D eigenvalue weighted by Crippen LogP contribution is -2.29. The fourth-order valence-electron chi connectivity index (χ4n) is 4.59. The Kier molecular flexibility index (Phi) is 3.79. The van der Waals surface area contributed by atoms with Crippen molar-refractivity contribution in [2.45, 2.75) is 18.9 Å². The van der Waals surface area contributed by atoms with Gasteiger partial charge in [-0.3, -0.25) is 14.1 Å². The summed E-state index contributed by atoms with van der Waals surface area (Å²) in [5, 5.41) is 2.06. The van der Waals surface area contributed by atoms with Crippen LogP contribution in [0, 0.1) is 0 Å².